The predicted octanol–water partition coefficient (Wildman–Crippen LogP) is 3.78. The van der Waals surface area contributed by atoms with Crippen LogP contribution in [0.15, 0.2) is 22.6 Å². The highest BCUT2D eigenvalue weighted by atomic mass is 19.4. The van der Waals surface area contributed by atoms with E-state index in [1.54, 1.807) is 0 Å². The maximum atomic E-state index is 12.3. The number of halogens is 5. The van der Waals surface area contributed by atoms with Crippen LogP contribution in [0.5, 0.6) is 0 Å². The number of fused-ring (bicyclic) bond motifs is 1. The monoisotopic (exact) mass is 237 g/mol. The van der Waals surface area contributed by atoms with Crippen LogP contribution >= 0.6 is 0 Å². The number of oxazole rings is 1. The van der Waals surface area contributed by atoms with Gasteiger partial charge in [-0.1, -0.05) is 0 Å². The number of aromatic nitrogens is 1. The van der Waals surface area contributed by atoms with Crippen molar-refractivity contribution in [2.24, 2.45) is 0 Å². The van der Waals surface area contributed by atoms with Gasteiger partial charge in [-0.15, -0.1) is 0 Å². The van der Waals surface area contributed by atoms with Gasteiger partial charge in [-0.3, -0.25) is 0 Å². The van der Waals surface area contributed by atoms with Crippen molar-refractivity contribution in [1.82, 2.24) is 4.98 Å². The number of rotatable bonds is 1. The molecule has 2 aromatic rings. The molecule has 16 heavy (non-hydrogen) atoms. The highest BCUT2D eigenvalue weighted by molar-refractivity contribution is 5.73. The lowest BCUT2D eigenvalue weighted by Crippen LogP contribution is -2.03. The average molecular weight is 237 g/mol. The first-order valence-corrected chi connectivity index (χ1v) is 4.14. The van der Waals surface area contributed by atoms with E-state index >= 15 is 0 Å². The first-order valence-electron chi connectivity index (χ1n) is 4.14. The molecule has 1 heterocycles. The summed E-state index contributed by atoms with van der Waals surface area (Å²) < 4.78 is 65.6. The molecule has 0 aliphatic rings. The summed E-state index contributed by atoms with van der Waals surface area (Å²) in [7, 11) is 0. The zero-order valence-corrected chi connectivity index (χ0v) is 7.55. The Labute approximate surface area is 85.7 Å². The Balaban J connectivity index is 2.54. The van der Waals surface area contributed by atoms with Crippen LogP contribution in [0.3, 0.4) is 0 Å². The number of nitrogens with zero attached hydrogens (tertiary/aromatic N) is 1. The molecule has 0 amide bonds. The topological polar surface area (TPSA) is 26.0 Å². The van der Waals surface area contributed by atoms with Crippen molar-refractivity contribution in [3.05, 3.63) is 29.7 Å². The van der Waals surface area contributed by atoms with Crippen molar-refractivity contribution in [3.8, 4) is 0 Å². The van der Waals surface area contributed by atoms with Crippen molar-refractivity contribution in [3.63, 3.8) is 0 Å². The molecule has 86 valence electrons. The summed E-state index contributed by atoms with van der Waals surface area (Å²) in [4.78, 5) is 3.35. The van der Waals surface area contributed by atoms with Crippen LogP contribution in [0.4, 0.5) is 22.0 Å². The van der Waals surface area contributed by atoms with Gasteiger partial charge in [-0.25, -0.2) is 4.98 Å². The molecule has 2 nitrogen and oxygen atoms in total. The van der Waals surface area contributed by atoms with Crippen LogP contribution in [-0.2, 0) is 6.18 Å². The molecule has 1 aromatic carbocycles. The van der Waals surface area contributed by atoms with Crippen LogP contribution in [-0.4, -0.2) is 4.98 Å². The SMILES string of the molecule is FC(F)c1nc2ccc(C(F)(F)F)cc2o1. The van der Waals surface area contributed by atoms with Gasteiger partial charge in [0, 0.05) is 0 Å². The van der Waals surface area contributed by atoms with E-state index in [1.165, 1.54) is 0 Å². The highest BCUT2D eigenvalue weighted by Crippen LogP contribution is 2.32. The number of hydrogen-bond acceptors (Lipinski definition) is 2. The lowest BCUT2D eigenvalue weighted by atomic mass is 10.2. The van der Waals surface area contributed by atoms with Crippen molar-refractivity contribution >= 4 is 11.1 Å². The molecule has 0 aliphatic heterocycles. The van der Waals surface area contributed by atoms with Crippen LogP contribution in [0.25, 0.3) is 11.1 Å². The molecule has 0 spiro atoms. The summed E-state index contributed by atoms with van der Waals surface area (Å²) >= 11 is 0. The van der Waals surface area contributed by atoms with E-state index in [-0.39, 0.29) is 11.1 Å². The van der Waals surface area contributed by atoms with Gasteiger partial charge in [0.2, 0.25) is 0 Å². The van der Waals surface area contributed by atoms with E-state index in [9.17, 15) is 22.0 Å². The second-order valence-corrected chi connectivity index (χ2v) is 3.03. The Morgan fingerprint density at radius 1 is 1.19 bits per heavy atom. The van der Waals surface area contributed by atoms with E-state index in [0.717, 1.165) is 12.1 Å². The second-order valence-electron chi connectivity index (χ2n) is 3.03. The first kappa shape index (κ1) is 10.8. The van der Waals surface area contributed by atoms with Crippen molar-refractivity contribution in [1.29, 1.82) is 0 Å². The number of alkyl halides is 5. The fraction of sp³-hybridized carbons (Fsp3) is 0.222. The zero-order valence-electron chi connectivity index (χ0n) is 7.55. The Morgan fingerprint density at radius 3 is 2.44 bits per heavy atom. The van der Waals surface area contributed by atoms with Gasteiger partial charge >= 0.3 is 12.6 Å². The third-order valence-electron chi connectivity index (χ3n) is 1.92. The molecule has 0 radical (unpaired) electrons. The molecule has 0 N–H and O–H groups in total. The normalized spacial score (nSPS) is 12.6. The van der Waals surface area contributed by atoms with Crippen LogP contribution < -0.4 is 0 Å². The largest absolute Gasteiger partial charge is 0.435 e. The van der Waals surface area contributed by atoms with Gasteiger partial charge in [0.15, 0.2) is 5.58 Å². The fourth-order valence-electron chi connectivity index (χ4n) is 1.21. The number of benzene rings is 1. The van der Waals surface area contributed by atoms with E-state index < -0.39 is 24.1 Å². The summed E-state index contributed by atoms with van der Waals surface area (Å²) in [6.45, 7) is 0. The third kappa shape index (κ3) is 1.84. The van der Waals surface area contributed by atoms with Crippen molar-refractivity contribution in [2.75, 3.05) is 0 Å². The van der Waals surface area contributed by atoms with Crippen molar-refractivity contribution < 1.29 is 26.4 Å². The maximum absolute atomic E-state index is 12.3. The van der Waals surface area contributed by atoms with Gasteiger partial charge in [0.05, 0.1) is 5.56 Å². The molecule has 0 fully saturated rings. The van der Waals surface area contributed by atoms with Gasteiger partial charge in [0.1, 0.15) is 5.52 Å². The molecule has 1 aromatic heterocycles. The fourth-order valence-corrected chi connectivity index (χ4v) is 1.21. The summed E-state index contributed by atoms with van der Waals surface area (Å²) in [6.07, 6.45) is -7.48. The lowest BCUT2D eigenvalue weighted by Gasteiger charge is -2.04. The standard InChI is InChI=1S/C9H4F5NO/c10-7(11)8-15-5-2-1-4(9(12,13)14)3-6(5)16-8/h1-3,7H. The maximum Gasteiger partial charge on any atom is 0.416 e. The van der Waals surface area contributed by atoms with Crippen LogP contribution in [0.1, 0.15) is 17.9 Å². The molecule has 0 aliphatic carbocycles. The molecule has 0 saturated heterocycles. The summed E-state index contributed by atoms with van der Waals surface area (Å²) in [5.41, 5.74) is -1.29. The number of hydrogen-bond donors (Lipinski definition) is 0. The minimum atomic E-state index is -4.54. The molecular weight excluding hydrogens is 233 g/mol. The molecule has 0 bridgehead atoms. The molecule has 7 heteroatoms. The van der Waals surface area contributed by atoms with E-state index in [2.05, 4.69) is 9.40 Å². The van der Waals surface area contributed by atoms with E-state index in [1.807, 2.05) is 0 Å². The Kier molecular flexibility index (Phi) is 2.32. The molecule has 2 rings (SSSR count). The summed E-state index contributed by atoms with van der Waals surface area (Å²) in [6, 6.07) is 2.40. The lowest BCUT2D eigenvalue weighted by molar-refractivity contribution is -0.137. The second kappa shape index (κ2) is 3.43. The van der Waals surface area contributed by atoms with E-state index in [0.29, 0.717) is 6.07 Å². The first-order chi connectivity index (χ1) is 7.38. The van der Waals surface area contributed by atoms with Crippen LogP contribution in [0.2, 0.25) is 0 Å². The van der Waals surface area contributed by atoms with Gasteiger partial charge < -0.3 is 4.42 Å². The average Bonchev–Trinajstić information content (AvgIpc) is 2.58. The molecule has 0 saturated carbocycles. The molecule has 0 unspecified atom stereocenters. The van der Waals surface area contributed by atoms with Crippen LogP contribution in [0, 0.1) is 0 Å². The smallest absolute Gasteiger partial charge is 0.416 e. The van der Waals surface area contributed by atoms with Crippen molar-refractivity contribution in [2.45, 2.75) is 12.6 Å². The minimum Gasteiger partial charge on any atom is -0.435 e. The van der Waals surface area contributed by atoms with Gasteiger partial charge in [-0.05, 0) is 18.2 Å². The summed E-state index contributed by atoms with van der Waals surface area (Å²) in [5.74, 6) is -0.880. The Bertz CT molecular complexity index is 516. The quantitative estimate of drug-likeness (QED) is 0.705. The third-order valence-corrected chi connectivity index (χ3v) is 1.92. The van der Waals surface area contributed by atoms with Gasteiger partial charge in [0.25, 0.3) is 5.89 Å². The summed E-state index contributed by atoms with van der Waals surface area (Å²) in [5, 5.41) is 0. The highest BCUT2D eigenvalue weighted by Gasteiger charge is 2.31. The molecule has 0 atom stereocenters. The minimum absolute atomic E-state index is 0.0247. The Morgan fingerprint density at radius 2 is 1.88 bits per heavy atom. The Hall–Kier alpha value is -1.66. The molecular formula is C9H4F5NO. The van der Waals surface area contributed by atoms with E-state index in [4.69, 9.17) is 0 Å². The zero-order chi connectivity index (χ0) is 11.9. The van der Waals surface area contributed by atoms with Gasteiger partial charge in [-0.2, -0.15) is 22.0 Å². The predicted molar refractivity (Wildman–Crippen MR) is 44.0 cm³/mol.